The lowest BCUT2D eigenvalue weighted by molar-refractivity contribution is -0.870. The van der Waals surface area contributed by atoms with Gasteiger partial charge in [0.15, 0.2) is 6.10 Å². The molecule has 0 saturated carbocycles. The van der Waals surface area contributed by atoms with E-state index in [1.807, 2.05) is 21.1 Å². The number of carbonyl (C=O) groups excluding carboxylic acids is 2. The average Bonchev–Trinajstić information content (AvgIpc) is 3.16. The molecule has 10 heteroatoms. The minimum Gasteiger partial charge on any atom is -0.756 e. The summed E-state index contributed by atoms with van der Waals surface area (Å²) in [5, 5.41) is 0. The van der Waals surface area contributed by atoms with Gasteiger partial charge < -0.3 is 27.9 Å². The van der Waals surface area contributed by atoms with E-state index >= 15 is 0 Å². The third kappa shape index (κ3) is 42.9. The first-order valence-electron chi connectivity index (χ1n) is 22.1. The van der Waals surface area contributed by atoms with Crippen LogP contribution in [0.5, 0.6) is 0 Å². The van der Waals surface area contributed by atoms with Crippen molar-refractivity contribution >= 4 is 19.8 Å². The largest absolute Gasteiger partial charge is 0.756 e. The van der Waals surface area contributed by atoms with Gasteiger partial charge in [0.05, 0.1) is 27.7 Å². The van der Waals surface area contributed by atoms with Crippen molar-refractivity contribution < 1.29 is 42.1 Å². The molecule has 0 aromatic rings. The summed E-state index contributed by atoms with van der Waals surface area (Å²) < 4.78 is 33.8. The Hall–Kier alpha value is -2.55. The molecule has 0 N–H and O–H groups in total. The maximum atomic E-state index is 12.7. The lowest BCUT2D eigenvalue weighted by atomic mass is 10.1. The Balaban J connectivity index is 4.37. The van der Waals surface area contributed by atoms with Crippen LogP contribution in [0.4, 0.5) is 0 Å². The van der Waals surface area contributed by atoms with Gasteiger partial charge in [-0.1, -0.05) is 157 Å². The molecule has 2 unspecified atom stereocenters. The van der Waals surface area contributed by atoms with Gasteiger partial charge in [-0.05, 0) is 64.2 Å². The standard InChI is InChI=1S/C47H82NO8P/c1-6-8-10-12-14-16-18-19-20-21-22-23-24-25-26-27-28-29-30-32-34-36-38-40-47(50)56-45(44-55-57(51,52)54-42-41-48(3,4)5)43-53-46(49)39-37-35-33-31-17-15-13-11-9-7-2/h8,10,14,16,19-20,22-23,25-26,28-29,45H,6-7,9,11-13,15,17-18,21,24,27,30-44H2,1-5H3/b10-8-,16-14-,20-19-,23-22-,26-25-,29-28-. The van der Waals surface area contributed by atoms with Gasteiger partial charge in [-0.25, -0.2) is 0 Å². The van der Waals surface area contributed by atoms with Crippen molar-refractivity contribution in [3.05, 3.63) is 72.9 Å². The normalized spacial score (nSPS) is 14.3. The molecule has 0 spiro atoms. The molecule has 0 radical (unpaired) electrons. The molecule has 0 bridgehead atoms. The van der Waals surface area contributed by atoms with Gasteiger partial charge in [0.1, 0.15) is 19.8 Å². The van der Waals surface area contributed by atoms with Gasteiger partial charge in [-0.15, -0.1) is 0 Å². The number of nitrogens with zero attached hydrogens (tertiary/aromatic N) is 1. The zero-order chi connectivity index (χ0) is 42.1. The number of rotatable bonds is 39. The number of hydrogen-bond donors (Lipinski definition) is 0. The van der Waals surface area contributed by atoms with Crippen molar-refractivity contribution in [1.29, 1.82) is 0 Å². The van der Waals surface area contributed by atoms with Gasteiger partial charge >= 0.3 is 11.9 Å². The molecule has 0 rings (SSSR count). The molecule has 57 heavy (non-hydrogen) atoms. The number of allylic oxidation sites excluding steroid dienone is 12. The number of unbranched alkanes of at least 4 members (excludes halogenated alkanes) is 13. The van der Waals surface area contributed by atoms with Gasteiger partial charge in [-0.2, -0.15) is 0 Å². The number of quaternary nitrogens is 1. The van der Waals surface area contributed by atoms with Crippen LogP contribution in [0, 0.1) is 0 Å². The van der Waals surface area contributed by atoms with Crippen LogP contribution < -0.4 is 4.89 Å². The first kappa shape index (κ1) is 54.5. The first-order valence-corrected chi connectivity index (χ1v) is 23.6. The second kappa shape index (κ2) is 38.9. The molecule has 0 aliphatic carbocycles. The molecule has 0 aliphatic rings. The van der Waals surface area contributed by atoms with Gasteiger partial charge in [0.2, 0.25) is 0 Å². The fraction of sp³-hybridized carbons (Fsp3) is 0.702. The van der Waals surface area contributed by atoms with Crippen molar-refractivity contribution in [3.63, 3.8) is 0 Å². The molecule has 0 aromatic carbocycles. The molecule has 0 heterocycles. The minimum absolute atomic E-state index is 0.0390. The zero-order valence-corrected chi connectivity index (χ0v) is 37.7. The van der Waals surface area contributed by atoms with E-state index in [4.69, 9.17) is 18.5 Å². The Morgan fingerprint density at radius 3 is 1.49 bits per heavy atom. The van der Waals surface area contributed by atoms with E-state index in [1.54, 1.807) is 0 Å². The molecule has 9 nitrogen and oxygen atoms in total. The Morgan fingerprint density at radius 1 is 0.561 bits per heavy atom. The van der Waals surface area contributed by atoms with Crippen molar-refractivity contribution in [3.8, 4) is 0 Å². The summed E-state index contributed by atoms with van der Waals surface area (Å²) in [6.07, 6.45) is 47.9. The van der Waals surface area contributed by atoms with Gasteiger partial charge in [0, 0.05) is 12.8 Å². The fourth-order valence-corrected chi connectivity index (χ4v) is 6.27. The van der Waals surface area contributed by atoms with Crippen LogP contribution in [-0.4, -0.2) is 70.0 Å². The van der Waals surface area contributed by atoms with E-state index in [-0.39, 0.29) is 26.1 Å². The number of hydrogen-bond acceptors (Lipinski definition) is 8. The van der Waals surface area contributed by atoms with E-state index in [2.05, 4.69) is 86.8 Å². The molecule has 0 saturated heterocycles. The molecule has 328 valence electrons. The van der Waals surface area contributed by atoms with Crippen LogP contribution in [-0.2, 0) is 32.7 Å². The Bertz CT molecular complexity index is 1200. The smallest absolute Gasteiger partial charge is 0.306 e. The van der Waals surface area contributed by atoms with Gasteiger partial charge in [-0.3, -0.25) is 14.2 Å². The Morgan fingerprint density at radius 2 is 1.00 bits per heavy atom. The second-order valence-electron chi connectivity index (χ2n) is 15.7. The van der Waals surface area contributed by atoms with Crippen LogP contribution in [0.2, 0.25) is 0 Å². The van der Waals surface area contributed by atoms with Crippen LogP contribution in [0.3, 0.4) is 0 Å². The van der Waals surface area contributed by atoms with Crippen LogP contribution in [0.15, 0.2) is 72.9 Å². The number of likely N-dealkylation sites (N-methyl/N-ethyl adjacent to an activating group) is 1. The highest BCUT2D eigenvalue weighted by Crippen LogP contribution is 2.38. The molecule has 0 amide bonds. The van der Waals surface area contributed by atoms with Crippen molar-refractivity contribution in [2.75, 3.05) is 47.5 Å². The molecular formula is C47H82NO8P. The third-order valence-electron chi connectivity index (χ3n) is 8.99. The lowest BCUT2D eigenvalue weighted by Gasteiger charge is -2.28. The summed E-state index contributed by atoms with van der Waals surface area (Å²) in [5.74, 6) is -0.870. The molecule has 0 aliphatic heterocycles. The van der Waals surface area contributed by atoms with Crippen LogP contribution >= 0.6 is 7.82 Å². The second-order valence-corrected chi connectivity index (χ2v) is 17.1. The minimum atomic E-state index is -4.63. The van der Waals surface area contributed by atoms with E-state index in [0.29, 0.717) is 17.4 Å². The van der Waals surface area contributed by atoms with E-state index < -0.39 is 32.5 Å². The molecular weight excluding hydrogens is 737 g/mol. The Kier molecular flexibility index (Phi) is 37.2. The van der Waals surface area contributed by atoms with E-state index in [1.165, 1.54) is 44.9 Å². The summed E-state index contributed by atoms with van der Waals surface area (Å²) >= 11 is 0. The number of phosphoric acid groups is 1. The van der Waals surface area contributed by atoms with E-state index in [9.17, 15) is 19.0 Å². The van der Waals surface area contributed by atoms with Crippen molar-refractivity contribution in [1.82, 2.24) is 0 Å². The SMILES string of the molecule is CC/C=C\C/C=C\C/C=C\C/C=C\C/C=C\C/C=C\CCCCCCC(=O)OC(COC(=O)CCCCCCCCCCCC)COP(=O)([O-])OCC[N+](C)(C)C. The highest BCUT2D eigenvalue weighted by atomic mass is 31.2. The molecule has 0 fully saturated rings. The van der Waals surface area contributed by atoms with E-state index in [0.717, 1.165) is 83.5 Å². The number of phosphoric ester groups is 1. The van der Waals surface area contributed by atoms with Gasteiger partial charge in [0.25, 0.3) is 7.82 Å². The summed E-state index contributed by atoms with van der Waals surface area (Å²) in [4.78, 5) is 37.5. The first-order chi connectivity index (χ1) is 27.5. The Labute approximate surface area is 348 Å². The van der Waals surface area contributed by atoms with Crippen molar-refractivity contribution in [2.45, 2.75) is 168 Å². The maximum absolute atomic E-state index is 12.7. The summed E-state index contributed by atoms with van der Waals surface area (Å²) in [6, 6.07) is 0. The van der Waals surface area contributed by atoms with Crippen LogP contribution in [0.25, 0.3) is 0 Å². The van der Waals surface area contributed by atoms with Crippen molar-refractivity contribution in [2.24, 2.45) is 0 Å². The zero-order valence-electron chi connectivity index (χ0n) is 36.8. The monoisotopic (exact) mass is 820 g/mol. The molecule has 2 atom stereocenters. The number of carbonyl (C=O) groups is 2. The maximum Gasteiger partial charge on any atom is 0.306 e. The fourth-order valence-electron chi connectivity index (χ4n) is 5.54. The third-order valence-corrected chi connectivity index (χ3v) is 9.96. The highest BCUT2D eigenvalue weighted by Gasteiger charge is 2.21. The summed E-state index contributed by atoms with van der Waals surface area (Å²) in [5.41, 5.74) is 0. The highest BCUT2D eigenvalue weighted by molar-refractivity contribution is 7.45. The lowest BCUT2D eigenvalue weighted by Crippen LogP contribution is -2.37. The average molecular weight is 820 g/mol. The summed E-state index contributed by atoms with van der Waals surface area (Å²) in [7, 11) is 1.14. The molecule has 0 aromatic heterocycles. The number of esters is 2. The predicted octanol–water partition coefficient (Wildman–Crippen LogP) is 12.0. The predicted molar refractivity (Wildman–Crippen MR) is 236 cm³/mol. The quantitative estimate of drug-likeness (QED) is 0.0198. The topological polar surface area (TPSA) is 111 Å². The summed E-state index contributed by atoms with van der Waals surface area (Å²) in [6.45, 7) is 4.05. The van der Waals surface area contributed by atoms with Crippen LogP contribution in [0.1, 0.15) is 162 Å². The number of ether oxygens (including phenoxy) is 2.